The minimum Gasteiger partial charge on any atom is -0.497 e. The Balaban J connectivity index is 1.48. The second-order valence-electron chi connectivity index (χ2n) is 9.97. The number of nitrogens with zero attached hydrogens (tertiary/aromatic N) is 3. The number of nitrogens with one attached hydrogen (secondary N) is 2. The van der Waals surface area contributed by atoms with Gasteiger partial charge in [-0.15, -0.1) is 0 Å². The van der Waals surface area contributed by atoms with Crippen molar-refractivity contribution in [3.63, 3.8) is 0 Å². The zero-order chi connectivity index (χ0) is 26.9. The van der Waals surface area contributed by atoms with E-state index in [0.717, 1.165) is 82.4 Å². The molecule has 2 aliphatic rings. The number of methoxy groups -OCH3 is 2. The molecule has 0 saturated carbocycles. The van der Waals surface area contributed by atoms with Crippen LogP contribution in [0.15, 0.2) is 76.5 Å². The molecule has 3 heterocycles. The van der Waals surface area contributed by atoms with E-state index >= 15 is 0 Å². The maximum Gasteiger partial charge on any atom is 0.197 e. The second-order valence-corrected chi connectivity index (χ2v) is 9.97. The molecular formula is C31H33N5O3. The van der Waals surface area contributed by atoms with E-state index in [1.54, 1.807) is 14.2 Å². The number of H-pyrrole nitrogens is 1. The van der Waals surface area contributed by atoms with Crippen LogP contribution in [0, 0.1) is 0 Å². The van der Waals surface area contributed by atoms with Crippen molar-refractivity contribution in [2.45, 2.75) is 25.8 Å². The smallest absolute Gasteiger partial charge is 0.197 e. The largest absolute Gasteiger partial charge is 0.497 e. The lowest BCUT2D eigenvalue weighted by Crippen LogP contribution is -2.38. The Hall–Kier alpha value is -4.30. The molecule has 0 unspecified atom stereocenters. The number of aromatic hydroxyl groups is 1. The van der Waals surface area contributed by atoms with Crippen molar-refractivity contribution in [2.24, 2.45) is 9.98 Å². The maximum absolute atomic E-state index is 11.3. The van der Waals surface area contributed by atoms with Gasteiger partial charge in [0.1, 0.15) is 11.5 Å². The molecule has 2 aliphatic heterocycles. The summed E-state index contributed by atoms with van der Waals surface area (Å²) in [5, 5.41) is 17.4. The highest BCUT2D eigenvalue weighted by Gasteiger charge is 2.23. The van der Waals surface area contributed by atoms with Crippen LogP contribution < -0.4 is 25.5 Å². The van der Waals surface area contributed by atoms with Crippen LogP contribution in [0.4, 0.5) is 5.69 Å². The fourth-order valence-corrected chi connectivity index (χ4v) is 5.47. The van der Waals surface area contributed by atoms with Gasteiger partial charge in [0.25, 0.3) is 0 Å². The van der Waals surface area contributed by atoms with E-state index in [4.69, 9.17) is 19.5 Å². The highest BCUT2D eigenvalue weighted by molar-refractivity contribution is 6.01. The first kappa shape index (κ1) is 25.0. The number of ether oxygens (including phenoxy) is 2. The summed E-state index contributed by atoms with van der Waals surface area (Å²) in [6.07, 6.45) is 2.22. The van der Waals surface area contributed by atoms with E-state index in [2.05, 4.69) is 34.3 Å². The SMILES string of the molecule is CCN1CCC(Nc2ccc3[nH]c(O)c(/C(=C4\N=c5ccc(OC)cc5=N4)c4ccc(OC)cc4)c3c2)CC1. The first-order valence-electron chi connectivity index (χ1n) is 13.4. The van der Waals surface area contributed by atoms with Crippen LogP contribution in [0.1, 0.15) is 30.9 Å². The van der Waals surface area contributed by atoms with Crippen molar-refractivity contribution in [1.82, 2.24) is 9.88 Å². The van der Waals surface area contributed by atoms with Gasteiger partial charge in [-0.1, -0.05) is 19.1 Å². The molecule has 4 aromatic rings. The molecule has 0 amide bonds. The Labute approximate surface area is 227 Å². The molecule has 0 bridgehead atoms. The van der Waals surface area contributed by atoms with E-state index in [1.807, 2.05) is 48.5 Å². The number of piperidine rings is 1. The molecule has 3 aromatic carbocycles. The Kier molecular flexibility index (Phi) is 6.70. The average Bonchev–Trinajstić information content (AvgIpc) is 3.54. The molecule has 200 valence electrons. The Morgan fingerprint density at radius 2 is 1.67 bits per heavy atom. The monoisotopic (exact) mass is 523 g/mol. The van der Waals surface area contributed by atoms with Crippen molar-refractivity contribution in [1.29, 1.82) is 0 Å². The number of aromatic amines is 1. The number of aromatic nitrogens is 1. The standard InChI is InChI=1S/C31H33N5O3/c1-4-36-15-13-20(14-16-36)32-21-7-11-25-24(17-21)29(31(37)35-25)28(19-5-8-22(38-2)9-6-19)30-33-26-12-10-23(39-3)18-27(26)34-30/h5-12,17-18,20,32,35,37H,4,13-16H2,1-3H3/b30-28+. The van der Waals surface area contributed by atoms with Crippen LogP contribution in [0.3, 0.4) is 0 Å². The molecule has 1 aromatic heterocycles. The van der Waals surface area contributed by atoms with Crippen molar-refractivity contribution in [2.75, 3.05) is 39.2 Å². The molecule has 1 saturated heterocycles. The van der Waals surface area contributed by atoms with Crippen LogP contribution in [-0.2, 0) is 0 Å². The molecule has 3 N–H and O–H groups in total. The second kappa shape index (κ2) is 10.5. The van der Waals surface area contributed by atoms with Crippen molar-refractivity contribution >= 4 is 22.2 Å². The highest BCUT2D eigenvalue weighted by Crippen LogP contribution is 2.40. The Bertz CT molecular complexity index is 1670. The fourth-order valence-electron chi connectivity index (χ4n) is 5.47. The zero-order valence-corrected chi connectivity index (χ0v) is 22.5. The number of hydrogen-bond acceptors (Lipinski definition) is 7. The summed E-state index contributed by atoms with van der Waals surface area (Å²) in [6.45, 7) is 5.53. The van der Waals surface area contributed by atoms with E-state index in [9.17, 15) is 5.11 Å². The third kappa shape index (κ3) is 4.83. The predicted octanol–water partition coefficient (Wildman–Crippen LogP) is 4.46. The normalized spacial score (nSPS) is 16.9. The van der Waals surface area contributed by atoms with Crippen molar-refractivity contribution < 1.29 is 14.6 Å². The van der Waals surface area contributed by atoms with Gasteiger partial charge in [0.05, 0.1) is 30.5 Å². The van der Waals surface area contributed by atoms with Crippen LogP contribution >= 0.6 is 0 Å². The van der Waals surface area contributed by atoms with Crippen LogP contribution in [0.5, 0.6) is 17.4 Å². The van der Waals surface area contributed by atoms with E-state index in [1.165, 1.54) is 0 Å². The summed E-state index contributed by atoms with van der Waals surface area (Å²) in [5.74, 6) is 2.08. The van der Waals surface area contributed by atoms with Gasteiger partial charge in [-0.05, 0) is 67.4 Å². The van der Waals surface area contributed by atoms with Gasteiger partial charge in [0, 0.05) is 47.4 Å². The lowest BCUT2D eigenvalue weighted by Gasteiger charge is -2.32. The molecule has 0 aliphatic carbocycles. The molecule has 8 nitrogen and oxygen atoms in total. The van der Waals surface area contributed by atoms with Gasteiger partial charge in [0.2, 0.25) is 0 Å². The van der Waals surface area contributed by atoms with Crippen LogP contribution in [0.2, 0.25) is 0 Å². The van der Waals surface area contributed by atoms with Crippen molar-refractivity contribution in [3.05, 3.63) is 88.3 Å². The van der Waals surface area contributed by atoms with E-state index < -0.39 is 0 Å². The van der Waals surface area contributed by atoms with Gasteiger partial charge in [-0.25, -0.2) is 9.98 Å². The van der Waals surface area contributed by atoms with Crippen LogP contribution in [-0.4, -0.2) is 54.9 Å². The molecule has 1 fully saturated rings. The molecular weight excluding hydrogens is 490 g/mol. The summed E-state index contributed by atoms with van der Waals surface area (Å²) in [5.41, 5.74) is 4.16. The lowest BCUT2D eigenvalue weighted by atomic mass is 9.96. The molecule has 0 spiro atoms. The van der Waals surface area contributed by atoms with Gasteiger partial charge in [0.15, 0.2) is 11.7 Å². The maximum atomic E-state index is 11.3. The highest BCUT2D eigenvalue weighted by atomic mass is 16.5. The molecule has 8 heteroatoms. The molecule has 6 rings (SSSR count). The summed E-state index contributed by atoms with van der Waals surface area (Å²) >= 11 is 0. The van der Waals surface area contributed by atoms with E-state index in [0.29, 0.717) is 17.4 Å². The minimum atomic E-state index is 0.0793. The summed E-state index contributed by atoms with van der Waals surface area (Å²) < 4.78 is 10.8. The molecule has 0 radical (unpaired) electrons. The zero-order valence-electron chi connectivity index (χ0n) is 22.5. The van der Waals surface area contributed by atoms with Gasteiger partial charge >= 0.3 is 0 Å². The number of benzene rings is 3. The van der Waals surface area contributed by atoms with Gasteiger partial charge in [-0.2, -0.15) is 0 Å². The summed E-state index contributed by atoms with van der Waals surface area (Å²) in [7, 11) is 3.28. The molecule has 39 heavy (non-hydrogen) atoms. The van der Waals surface area contributed by atoms with E-state index in [-0.39, 0.29) is 5.88 Å². The number of rotatable bonds is 7. The lowest BCUT2D eigenvalue weighted by molar-refractivity contribution is 0.229. The number of fused-ring (bicyclic) bond motifs is 2. The average molecular weight is 524 g/mol. The molecule has 0 atom stereocenters. The number of likely N-dealkylation sites (tertiary alicyclic amines) is 1. The third-order valence-electron chi connectivity index (χ3n) is 7.67. The first-order valence-corrected chi connectivity index (χ1v) is 13.4. The number of anilines is 1. The van der Waals surface area contributed by atoms with Gasteiger partial charge in [-0.3, -0.25) is 0 Å². The fraction of sp³-hybridized carbons (Fsp3) is 0.290. The van der Waals surface area contributed by atoms with Gasteiger partial charge < -0.3 is 29.8 Å². The minimum absolute atomic E-state index is 0.0793. The topological polar surface area (TPSA) is 94.5 Å². The first-order chi connectivity index (χ1) is 19.1. The quantitative estimate of drug-likeness (QED) is 0.333. The van der Waals surface area contributed by atoms with Crippen LogP contribution in [0.25, 0.3) is 16.5 Å². The number of hydrogen-bond donors (Lipinski definition) is 3. The Morgan fingerprint density at radius 1 is 0.949 bits per heavy atom. The summed E-state index contributed by atoms with van der Waals surface area (Å²) in [6, 6.07) is 20.0. The predicted molar refractivity (Wildman–Crippen MR) is 153 cm³/mol. The Morgan fingerprint density at radius 3 is 2.38 bits per heavy atom. The summed E-state index contributed by atoms with van der Waals surface area (Å²) in [4.78, 5) is 15.4. The third-order valence-corrected chi connectivity index (χ3v) is 7.67. The van der Waals surface area contributed by atoms with Crippen molar-refractivity contribution in [3.8, 4) is 17.4 Å².